The topological polar surface area (TPSA) is 26.3 Å². The molecule has 0 unspecified atom stereocenters. The Morgan fingerprint density at radius 2 is 2.05 bits per heavy atom. The van der Waals surface area contributed by atoms with Gasteiger partial charge in [-0.15, -0.1) is 0 Å². The molecule has 3 heteroatoms. The molecule has 2 nitrogen and oxygen atoms in total. The molecule has 0 fully saturated rings. The van der Waals surface area contributed by atoms with Crippen LogP contribution in [0.15, 0.2) is 46.7 Å². The standard InChI is InChI=1S/C17H14O2S/c1-11-3-4-15(12(2)7-11)16-9-14(17(18)19-16)8-13-5-6-20-10-13/h3-10H,1-2H3/b14-8+. The highest BCUT2D eigenvalue weighted by atomic mass is 32.1. The van der Waals surface area contributed by atoms with E-state index in [0.717, 1.165) is 16.7 Å². The molecule has 0 amide bonds. The van der Waals surface area contributed by atoms with Gasteiger partial charge < -0.3 is 4.74 Å². The fraction of sp³-hybridized carbons (Fsp3) is 0.118. The van der Waals surface area contributed by atoms with Gasteiger partial charge in [-0.1, -0.05) is 23.8 Å². The molecule has 0 atom stereocenters. The molecule has 0 N–H and O–H groups in total. The summed E-state index contributed by atoms with van der Waals surface area (Å²) in [5, 5.41) is 3.99. The summed E-state index contributed by atoms with van der Waals surface area (Å²) in [7, 11) is 0. The summed E-state index contributed by atoms with van der Waals surface area (Å²) in [4.78, 5) is 11.9. The number of benzene rings is 1. The Morgan fingerprint density at radius 3 is 2.75 bits per heavy atom. The molecule has 20 heavy (non-hydrogen) atoms. The van der Waals surface area contributed by atoms with Crippen LogP contribution in [0, 0.1) is 13.8 Å². The van der Waals surface area contributed by atoms with Crippen molar-refractivity contribution in [1.82, 2.24) is 0 Å². The van der Waals surface area contributed by atoms with E-state index in [9.17, 15) is 4.79 Å². The molecule has 1 aliphatic heterocycles. The van der Waals surface area contributed by atoms with Crippen LogP contribution in [0.25, 0.3) is 11.8 Å². The summed E-state index contributed by atoms with van der Waals surface area (Å²) in [6.07, 6.45) is 3.67. The molecule has 1 aliphatic rings. The van der Waals surface area contributed by atoms with Crippen LogP contribution in [0.2, 0.25) is 0 Å². The van der Waals surface area contributed by atoms with E-state index in [1.54, 1.807) is 11.3 Å². The molecule has 1 aromatic heterocycles. The van der Waals surface area contributed by atoms with Gasteiger partial charge in [0.15, 0.2) is 0 Å². The largest absolute Gasteiger partial charge is 0.422 e. The Morgan fingerprint density at radius 1 is 1.20 bits per heavy atom. The minimum Gasteiger partial charge on any atom is -0.422 e. The molecule has 2 heterocycles. The van der Waals surface area contributed by atoms with Gasteiger partial charge in [-0.3, -0.25) is 0 Å². The van der Waals surface area contributed by atoms with Crippen molar-refractivity contribution in [2.45, 2.75) is 13.8 Å². The summed E-state index contributed by atoms with van der Waals surface area (Å²) in [6, 6.07) is 8.09. The number of esters is 1. The Balaban J connectivity index is 1.98. The number of ether oxygens (including phenoxy) is 1. The quantitative estimate of drug-likeness (QED) is 0.605. The number of rotatable bonds is 2. The van der Waals surface area contributed by atoms with Crippen molar-refractivity contribution in [2.24, 2.45) is 0 Å². The number of carbonyl (C=O) groups excluding carboxylic acids is 1. The molecule has 0 radical (unpaired) electrons. The zero-order chi connectivity index (χ0) is 14.1. The molecular weight excluding hydrogens is 268 g/mol. The first kappa shape index (κ1) is 12.9. The van der Waals surface area contributed by atoms with Crippen molar-refractivity contribution in [3.63, 3.8) is 0 Å². The van der Waals surface area contributed by atoms with Gasteiger partial charge >= 0.3 is 5.97 Å². The second-order valence-electron chi connectivity index (χ2n) is 4.87. The molecule has 0 bridgehead atoms. The highest BCUT2D eigenvalue weighted by molar-refractivity contribution is 7.08. The summed E-state index contributed by atoms with van der Waals surface area (Å²) in [5.41, 5.74) is 4.90. The zero-order valence-corrected chi connectivity index (χ0v) is 12.2. The van der Waals surface area contributed by atoms with Gasteiger partial charge in [0.05, 0.1) is 5.57 Å². The van der Waals surface area contributed by atoms with E-state index in [2.05, 4.69) is 6.07 Å². The Labute approximate surface area is 122 Å². The maximum absolute atomic E-state index is 11.9. The highest BCUT2D eigenvalue weighted by Crippen LogP contribution is 2.29. The summed E-state index contributed by atoms with van der Waals surface area (Å²) in [5.74, 6) is 0.347. The lowest BCUT2D eigenvalue weighted by molar-refractivity contribution is -0.130. The maximum atomic E-state index is 11.9. The Bertz CT molecular complexity index is 721. The Kier molecular flexibility index (Phi) is 3.28. The molecule has 2 aromatic rings. The lowest BCUT2D eigenvalue weighted by Gasteiger charge is -2.06. The van der Waals surface area contributed by atoms with E-state index in [0.29, 0.717) is 11.3 Å². The summed E-state index contributed by atoms with van der Waals surface area (Å²) >= 11 is 1.61. The predicted molar refractivity (Wildman–Crippen MR) is 82.3 cm³/mol. The monoisotopic (exact) mass is 282 g/mol. The van der Waals surface area contributed by atoms with Crippen molar-refractivity contribution >= 4 is 29.1 Å². The van der Waals surface area contributed by atoms with E-state index in [4.69, 9.17) is 4.74 Å². The summed E-state index contributed by atoms with van der Waals surface area (Å²) < 4.78 is 5.39. The minimum absolute atomic E-state index is 0.286. The van der Waals surface area contributed by atoms with E-state index in [1.165, 1.54) is 5.56 Å². The normalized spacial score (nSPS) is 16.4. The van der Waals surface area contributed by atoms with E-state index in [1.807, 2.05) is 55.0 Å². The van der Waals surface area contributed by atoms with Crippen molar-refractivity contribution in [2.75, 3.05) is 0 Å². The van der Waals surface area contributed by atoms with Gasteiger partial charge in [0.25, 0.3) is 0 Å². The van der Waals surface area contributed by atoms with Crippen LogP contribution in [0.4, 0.5) is 0 Å². The lowest BCUT2D eigenvalue weighted by Crippen LogP contribution is -1.98. The molecule has 0 saturated carbocycles. The molecule has 0 saturated heterocycles. The number of cyclic esters (lactones) is 1. The van der Waals surface area contributed by atoms with Gasteiger partial charge in [-0.05, 0) is 54.0 Å². The number of hydrogen-bond acceptors (Lipinski definition) is 3. The molecule has 1 aromatic carbocycles. The average Bonchev–Trinajstić information content (AvgIpc) is 3.01. The van der Waals surface area contributed by atoms with Crippen molar-refractivity contribution in [1.29, 1.82) is 0 Å². The number of carbonyl (C=O) groups is 1. The molecule has 3 rings (SSSR count). The van der Waals surface area contributed by atoms with Crippen LogP contribution in [0.5, 0.6) is 0 Å². The molecular formula is C17H14O2S. The van der Waals surface area contributed by atoms with Crippen molar-refractivity contribution in [3.05, 3.63) is 68.9 Å². The highest BCUT2D eigenvalue weighted by Gasteiger charge is 2.22. The third-order valence-electron chi connectivity index (χ3n) is 3.24. The van der Waals surface area contributed by atoms with Crippen LogP contribution in [0.1, 0.15) is 22.3 Å². The van der Waals surface area contributed by atoms with Gasteiger partial charge in [0, 0.05) is 5.56 Å². The smallest absolute Gasteiger partial charge is 0.343 e. The maximum Gasteiger partial charge on any atom is 0.343 e. The average molecular weight is 282 g/mol. The molecule has 0 aliphatic carbocycles. The number of hydrogen-bond donors (Lipinski definition) is 0. The van der Waals surface area contributed by atoms with Gasteiger partial charge in [0.2, 0.25) is 0 Å². The lowest BCUT2D eigenvalue weighted by atomic mass is 10.0. The SMILES string of the molecule is Cc1ccc(C2=C/C(=C\c3ccsc3)C(=O)O2)c(C)c1. The second-order valence-corrected chi connectivity index (χ2v) is 5.65. The van der Waals surface area contributed by atoms with Crippen molar-refractivity contribution < 1.29 is 9.53 Å². The van der Waals surface area contributed by atoms with Gasteiger partial charge in [0.1, 0.15) is 5.76 Å². The van der Waals surface area contributed by atoms with Crippen molar-refractivity contribution in [3.8, 4) is 0 Å². The van der Waals surface area contributed by atoms with E-state index >= 15 is 0 Å². The van der Waals surface area contributed by atoms with Crippen LogP contribution in [-0.4, -0.2) is 5.97 Å². The fourth-order valence-corrected chi connectivity index (χ4v) is 2.87. The minimum atomic E-state index is -0.286. The van der Waals surface area contributed by atoms with E-state index < -0.39 is 0 Å². The Hall–Kier alpha value is -2.13. The first-order chi connectivity index (χ1) is 9.63. The van der Waals surface area contributed by atoms with Gasteiger partial charge in [-0.2, -0.15) is 11.3 Å². The van der Waals surface area contributed by atoms with Crippen LogP contribution in [-0.2, 0) is 9.53 Å². The summed E-state index contributed by atoms with van der Waals surface area (Å²) in [6.45, 7) is 4.07. The third-order valence-corrected chi connectivity index (χ3v) is 3.94. The fourth-order valence-electron chi connectivity index (χ4n) is 2.25. The van der Waals surface area contributed by atoms with Crippen LogP contribution < -0.4 is 0 Å². The first-order valence-electron chi connectivity index (χ1n) is 6.39. The second kappa shape index (κ2) is 5.10. The first-order valence-corrected chi connectivity index (χ1v) is 7.33. The molecule has 0 spiro atoms. The number of thiophene rings is 1. The van der Waals surface area contributed by atoms with Crippen LogP contribution >= 0.6 is 11.3 Å². The zero-order valence-electron chi connectivity index (χ0n) is 11.3. The van der Waals surface area contributed by atoms with Crippen LogP contribution in [0.3, 0.4) is 0 Å². The molecule has 100 valence electrons. The van der Waals surface area contributed by atoms with E-state index in [-0.39, 0.29) is 5.97 Å². The third kappa shape index (κ3) is 2.45. The van der Waals surface area contributed by atoms with Gasteiger partial charge in [-0.25, -0.2) is 4.79 Å². The predicted octanol–water partition coefficient (Wildman–Crippen LogP) is 4.35. The number of aryl methyl sites for hydroxylation is 2.